The van der Waals surface area contributed by atoms with Gasteiger partial charge in [-0.2, -0.15) is 0 Å². The number of anilines is 1. The highest BCUT2D eigenvalue weighted by molar-refractivity contribution is 7.18. The Bertz CT molecular complexity index is 740. The summed E-state index contributed by atoms with van der Waals surface area (Å²) in [7, 11) is 0. The van der Waals surface area contributed by atoms with Crippen LogP contribution in [-0.2, 0) is 13.0 Å². The predicted octanol–water partition coefficient (Wildman–Crippen LogP) is 4.91. The third-order valence-electron chi connectivity index (χ3n) is 3.19. The van der Waals surface area contributed by atoms with E-state index in [9.17, 15) is 0 Å². The minimum atomic E-state index is 0.522. The van der Waals surface area contributed by atoms with Crippen LogP contribution in [0.4, 0.5) is 5.95 Å². The van der Waals surface area contributed by atoms with Gasteiger partial charge in [0, 0.05) is 16.8 Å². The molecule has 0 amide bonds. The molecule has 2 aromatic heterocycles. The van der Waals surface area contributed by atoms with Crippen LogP contribution in [0.3, 0.4) is 0 Å². The SMILES string of the molecule is CCCc1cc2c(Cl)nc(NCc3ccccc3)nc2s1. The summed E-state index contributed by atoms with van der Waals surface area (Å²) < 4.78 is 0. The highest BCUT2D eigenvalue weighted by Crippen LogP contribution is 2.30. The van der Waals surface area contributed by atoms with Gasteiger partial charge in [-0.25, -0.2) is 9.97 Å². The first-order valence-electron chi connectivity index (χ1n) is 7.00. The van der Waals surface area contributed by atoms with Gasteiger partial charge in [-0.05, 0) is 18.1 Å². The lowest BCUT2D eigenvalue weighted by molar-refractivity contribution is 0.940. The molecule has 0 saturated heterocycles. The van der Waals surface area contributed by atoms with Crippen LogP contribution in [0.2, 0.25) is 5.15 Å². The average Bonchev–Trinajstić information content (AvgIpc) is 2.90. The van der Waals surface area contributed by atoms with Crippen molar-refractivity contribution in [1.82, 2.24) is 9.97 Å². The number of rotatable bonds is 5. The monoisotopic (exact) mass is 317 g/mol. The quantitative estimate of drug-likeness (QED) is 0.679. The molecular weight excluding hydrogens is 302 g/mol. The fraction of sp³-hybridized carbons (Fsp3) is 0.250. The van der Waals surface area contributed by atoms with Gasteiger partial charge in [0.2, 0.25) is 5.95 Å². The Hall–Kier alpha value is -1.65. The van der Waals surface area contributed by atoms with Gasteiger partial charge in [0.25, 0.3) is 0 Å². The number of hydrogen-bond donors (Lipinski definition) is 1. The fourth-order valence-electron chi connectivity index (χ4n) is 2.16. The van der Waals surface area contributed by atoms with E-state index in [0.29, 0.717) is 17.6 Å². The second kappa shape index (κ2) is 6.41. The fourth-order valence-corrected chi connectivity index (χ4v) is 3.57. The Kier molecular flexibility index (Phi) is 4.36. The predicted molar refractivity (Wildman–Crippen MR) is 90.2 cm³/mol. The van der Waals surface area contributed by atoms with Crippen LogP contribution in [0.5, 0.6) is 0 Å². The zero-order chi connectivity index (χ0) is 14.7. The molecule has 0 atom stereocenters. The first kappa shape index (κ1) is 14.3. The Morgan fingerprint density at radius 2 is 2.00 bits per heavy atom. The molecule has 3 nitrogen and oxygen atoms in total. The van der Waals surface area contributed by atoms with Crippen LogP contribution in [0.15, 0.2) is 36.4 Å². The van der Waals surface area contributed by atoms with E-state index < -0.39 is 0 Å². The largest absolute Gasteiger partial charge is 0.350 e. The summed E-state index contributed by atoms with van der Waals surface area (Å²) in [5, 5.41) is 4.71. The van der Waals surface area contributed by atoms with Gasteiger partial charge in [-0.3, -0.25) is 0 Å². The number of nitrogens with one attached hydrogen (secondary N) is 1. The second-order valence-electron chi connectivity index (χ2n) is 4.86. The van der Waals surface area contributed by atoms with Crippen molar-refractivity contribution in [3.05, 3.63) is 52.0 Å². The van der Waals surface area contributed by atoms with Crippen LogP contribution in [-0.4, -0.2) is 9.97 Å². The maximum Gasteiger partial charge on any atom is 0.225 e. The van der Waals surface area contributed by atoms with Gasteiger partial charge >= 0.3 is 0 Å². The number of thiophene rings is 1. The third-order valence-corrected chi connectivity index (χ3v) is 4.56. The molecule has 2 heterocycles. The molecule has 0 fully saturated rings. The molecule has 3 rings (SSSR count). The summed E-state index contributed by atoms with van der Waals surface area (Å²) in [6.07, 6.45) is 2.18. The second-order valence-corrected chi connectivity index (χ2v) is 6.33. The third kappa shape index (κ3) is 3.34. The molecule has 0 aliphatic carbocycles. The molecule has 0 aliphatic heterocycles. The molecule has 5 heteroatoms. The summed E-state index contributed by atoms with van der Waals surface area (Å²) in [6, 6.07) is 12.3. The van der Waals surface area contributed by atoms with E-state index in [-0.39, 0.29) is 0 Å². The number of halogens is 1. The number of aryl methyl sites for hydroxylation is 1. The Labute approximate surface area is 133 Å². The van der Waals surface area contributed by atoms with E-state index in [1.165, 1.54) is 10.4 Å². The summed E-state index contributed by atoms with van der Waals surface area (Å²) in [4.78, 5) is 11.2. The molecular formula is C16H16ClN3S. The summed E-state index contributed by atoms with van der Waals surface area (Å²) in [5.74, 6) is 0.584. The molecule has 0 spiro atoms. The van der Waals surface area contributed by atoms with E-state index in [4.69, 9.17) is 11.6 Å². The molecule has 0 aliphatic rings. The lowest BCUT2D eigenvalue weighted by atomic mass is 10.2. The summed E-state index contributed by atoms with van der Waals surface area (Å²) >= 11 is 7.97. The number of hydrogen-bond acceptors (Lipinski definition) is 4. The van der Waals surface area contributed by atoms with Gasteiger partial charge in [0.15, 0.2) is 0 Å². The maximum absolute atomic E-state index is 6.27. The van der Waals surface area contributed by atoms with Crippen molar-refractivity contribution < 1.29 is 0 Å². The van der Waals surface area contributed by atoms with Crippen LogP contribution in [0.25, 0.3) is 10.2 Å². The minimum absolute atomic E-state index is 0.522. The van der Waals surface area contributed by atoms with Gasteiger partial charge in [-0.15, -0.1) is 11.3 Å². The average molecular weight is 318 g/mol. The summed E-state index contributed by atoms with van der Waals surface area (Å²) in [6.45, 7) is 2.86. The lowest BCUT2D eigenvalue weighted by Gasteiger charge is -2.05. The Morgan fingerprint density at radius 3 is 2.76 bits per heavy atom. The van der Waals surface area contributed by atoms with Crippen molar-refractivity contribution in [2.75, 3.05) is 5.32 Å². The summed E-state index contributed by atoms with van der Waals surface area (Å²) in [5.41, 5.74) is 1.19. The van der Waals surface area contributed by atoms with Gasteiger partial charge < -0.3 is 5.32 Å². The van der Waals surface area contributed by atoms with E-state index in [2.05, 4.69) is 40.4 Å². The van der Waals surface area contributed by atoms with Crippen molar-refractivity contribution in [2.45, 2.75) is 26.3 Å². The number of fused-ring (bicyclic) bond motifs is 1. The maximum atomic E-state index is 6.27. The van der Waals surface area contributed by atoms with Crippen LogP contribution in [0, 0.1) is 0 Å². The first-order valence-corrected chi connectivity index (χ1v) is 8.19. The smallest absolute Gasteiger partial charge is 0.225 e. The Morgan fingerprint density at radius 1 is 1.19 bits per heavy atom. The molecule has 108 valence electrons. The minimum Gasteiger partial charge on any atom is -0.350 e. The van der Waals surface area contributed by atoms with Crippen molar-refractivity contribution >= 4 is 39.1 Å². The Balaban J connectivity index is 1.82. The normalized spacial score (nSPS) is 11.0. The molecule has 21 heavy (non-hydrogen) atoms. The van der Waals surface area contributed by atoms with E-state index in [1.807, 2.05) is 18.2 Å². The van der Waals surface area contributed by atoms with Crippen molar-refractivity contribution in [1.29, 1.82) is 0 Å². The van der Waals surface area contributed by atoms with Crippen molar-refractivity contribution in [3.8, 4) is 0 Å². The van der Waals surface area contributed by atoms with Crippen molar-refractivity contribution in [3.63, 3.8) is 0 Å². The van der Waals surface area contributed by atoms with Crippen LogP contribution < -0.4 is 5.32 Å². The van der Waals surface area contributed by atoms with E-state index >= 15 is 0 Å². The number of benzene rings is 1. The topological polar surface area (TPSA) is 37.8 Å². The highest BCUT2D eigenvalue weighted by atomic mass is 35.5. The zero-order valence-corrected chi connectivity index (χ0v) is 13.3. The van der Waals surface area contributed by atoms with Crippen molar-refractivity contribution in [2.24, 2.45) is 0 Å². The van der Waals surface area contributed by atoms with E-state index in [0.717, 1.165) is 23.1 Å². The number of aromatic nitrogens is 2. The molecule has 1 aromatic carbocycles. The van der Waals surface area contributed by atoms with Gasteiger partial charge in [0.1, 0.15) is 9.98 Å². The van der Waals surface area contributed by atoms with Crippen LogP contribution in [0.1, 0.15) is 23.8 Å². The van der Waals surface area contributed by atoms with Crippen LogP contribution >= 0.6 is 22.9 Å². The van der Waals surface area contributed by atoms with Gasteiger partial charge in [0.05, 0.1) is 0 Å². The molecule has 0 unspecified atom stereocenters. The standard InChI is InChI=1S/C16H16ClN3S/c1-2-6-12-9-13-14(17)19-16(20-15(13)21-12)18-10-11-7-4-3-5-8-11/h3-5,7-9H,2,6,10H2,1H3,(H,18,19,20). The molecule has 0 bridgehead atoms. The molecule has 0 saturated carbocycles. The molecule has 1 N–H and O–H groups in total. The first-order chi connectivity index (χ1) is 10.3. The zero-order valence-electron chi connectivity index (χ0n) is 11.8. The van der Waals surface area contributed by atoms with Gasteiger partial charge in [-0.1, -0.05) is 55.3 Å². The molecule has 3 aromatic rings. The molecule has 0 radical (unpaired) electrons. The lowest BCUT2D eigenvalue weighted by Crippen LogP contribution is -2.03. The highest BCUT2D eigenvalue weighted by Gasteiger charge is 2.10. The van der Waals surface area contributed by atoms with E-state index in [1.54, 1.807) is 11.3 Å². The number of nitrogens with zero attached hydrogens (tertiary/aromatic N) is 2.